The van der Waals surface area contributed by atoms with E-state index in [4.69, 9.17) is 0 Å². The molecule has 0 fully saturated rings. The lowest BCUT2D eigenvalue weighted by atomic mass is 10.1. The molecule has 0 bridgehead atoms. The Hall–Kier alpha value is -3.82. The number of halogens is 1. The van der Waals surface area contributed by atoms with Gasteiger partial charge in [0.2, 0.25) is 5.82 Å². The molecule has 29 heavy (non-hydrogen) atoms. The molecule has 1 atom stereocenters. The molecule has 3 N–H and O–H groups in total. The number of aromatic amines is 1. The molecule has 0 spiro atoms. The number of H-pyrrole nitrogens is 1. The highest BCUT2D eigenvalue weighted by molar-refractivity contribution is 6.03. The first-order valence-corrected chi connectivity index (χ1v) is 8.94. The van der Waals surface area contributed by atoms with Crippen molar-refractivity contribution in [3.8, 4) is 0 Å². The molecule has 3 heterocycles. The van der Waals surface area contributed by atoms with Gasteiger partial charge in [-0.25, -0.2) is 9.37 Å². The van der Waals surface area contributed by atoms with Gasteiger partial charge in [-0.2, -0.15) is 0 Å². The second-order valence-corrected chi connectivity index (χ2v) is 6.61. The van der Waals surface area contributed by atoms with E-state index in [1.165, 1.54) is 18.0 Å². The number of hydrogen-bond acceptors (Lipinski definition) is 6. The summed E-state index contributed by atoms with van der Waals surface area (Å²) in [4.78, 5) is 33.4. The Morgan fingerprint density at radius 1 is 1.31 bits per heavy atom. The van der Waals surface area contributed by atoms with Crippen LogP contribution in [0.25, 0.3) is 0 Å². The number of nitrogens with one attached hydrogen (secondary N) is 3. The number of pyridine rings is 1. The first kappa shape index (κ1) is 18.5. The molecule has 1 aromatic carbocycles. The highest BCUT2D eigenvalue weighted by atomic mass is 19.1. The zero-order valence-electron chi connectivity index (χ0n) is 15.5. The lowest BCUT2D eigenvalue weighted by Crippen LogP contribution is -2.49. The first-order valence-electron chi connectivity index (χ1n) is 8.94. The average molecular weight is 395 g/mol. The van der Waals surface area contributed by atoms with Crippen LogP contribution in [0.5, 0.6) is 0 Å². The minimum Gasteiger partial charge on any atom is -0.366 e. The summed E-state index contributed by atoms with van der Waals surface area (Å²) < 4.78 is 13.5. The molecule has 0 unspecified atom stereocenters. The quantitative estimate of drug-likeness (QED) is 0.610. The summed E-state index contributed by atoms with van der Waals surface area (Å²) in [6.07, 6.45) is 1.56. The monoisotopic (exact) mass is 395 g/mol. The smallest absolute Gasteiger partial charge is 0.289 e. The molecule has 0 saturated carbocycles. The maximum absolute atomic E-state index is 13.5. The summed E-state index contributed by atoms with van der Waals surface area (Å²) in [5.74, 6) is -0.603. The fourth-order valence-corrected chi connectivity index (χ4v) is 3.07. The molecule has 0 saturated heterocycles. The Morgan fingerprint density at radius 2 is 2.10 bits per heavy atom. The maximum Gasteiger partial charge on any atom is 0.289 e. The van der Waals surface area contributed by atoms with E-state index in [-0.39, 0.29) is 12.4 Å². The van der Waals surface area contributed by atoms with Crippen molar-refractivity contribution in [3.63, 3.8) is 0 Å². The molecule has 4 rings (SSSR count). The van der Waals surface area contributed by atoms with Gasteiger partial charge in [-0.3, -0.25) is 9.59 Å². The van der Waals surface area contributed by atoms with Crippen LogP contribution in [-0.2, 0) is 11.2 Å². The summed E-state index contributed by atoms with van der Waals surface area (Å²) in [7, 11) is 1.50. The molecule has 2 amide bonds. The number of carbonyl (C=O) groups is 2. The SMILES string of the molecule is CN1C(=O)[C@@H](NC(=O)c2nnc(Cc3ccccc3)[nH]2)CNc2ncc(F)cc21. The van der Waals surface area contributed by atoms with Gasteiger partial charge in [0.25, 0.3) is 11.8 Å². The largest absolute Gasteiger partial charge is 0.366 e. The number of likely N-dealkylation sites (N-methyl/N-ethyl adjacent to an activating group) is 1. The Morgan fingerprint density at radius 3 is 2.90 bits per heavy atom. The van der Waals surface area contributed by atoms with E-state index < -0.39 is 23.7 Å². The summed E-state index contributed by atoms with van der Waals surface area (Å²) in [5, 5.41) is 13.5. The third kappa shape index (κ3) is 3.91. The van der Waals surface area contributed by atoms with Crippen molar-refractivity contribution in [3.05, 3.63) is 65.6 Å². The molecule has 3 aromatic rings. The lowest BCUT2D eigenvalue weighted by Gasteiger charge is -2.20. The highest BCUT2D eigenvalue weighted by Gasteiger charge is 2.31. The van der Waals surface area contributed by atoms with Crippen molar-refractivity contribution in [2.24, 2.45) is 0 Å². The fraction of sp³-hybridized carbons (Fsp3) is 0.211. The van der Waals surface area contributed by atoms with Crippen LogP contribution in [0.1, 0.15) is 22.0 Å². The molecule has 9 nitrogen and oxygen atoms in total. The number of aromatic nitrogens is 4. The number of hydrogen-bond donors (Lipinski definition) is 3. The van der Waals surface area contributed by atoms with Gasteiger partial charge in [-0.1, -0.05) is 30.3 Å². The van der Waals surface area contributed by atoms with Gasteiger partial charge >= 0.3 is 0 Å². The third-order valence-electron chi connectivity index (χ3n) is 4.57. The minimum atomic E-state index is -0.882. The van der Waals surface area contributed by atoms with Gasteiger partial charge < -0.3 is 20.5 Å². The van der Waals surface area contributed by atoms with E-state index in [1.54, 1.807) is 0 Å². The Bertz CT molecular complexity index is 1050. The topological polar surface area (TPSA) is 116 Å². The van der Waals surface area contributed by atoms with E-state index >= 15 is 0 Å². The standard InChI is InChI=1S/C19H18FN7O2/c1-27-14-8-12(20)9-21-16(14)22-10-13(19(27)29)23-18(28)17-24-15(25-26-17)7-11-5-3-2-4-6-11/h2-6,8-9,13H,7,10H2,1H3,(H,21,22)(H,23,28)(H,24,25,26)/t13-/m0/s1. The van der Waals surface area contributed by atoms with Gasteiger partial charge in [0.05, 0.1) is 11.9 Å². The van der Waals surface area contributed by atoms with Crippen LogP contribution < -0.4 is 15.5 Å². The van der Waals surface area contributed by atoms with Crippen LogP contribution in [0, 0.1) is 5.82 Å². The molecule has 2 aromatic heterocycles. The van der Waals surface area contributed by atoms with Crippen molar-refractivity contribution < 1.29 is 14.0 Å². The second kappa shape index (κ2) is 7.66. The van der Waals surface area contributed by atoms with Crippen LogP contribution in [-0.4, -0.2) is 51.6 Å². The molecular weight excluding hydrogens is 377 g/mol. The van der Waals surface area contributed by atoms with E-state index in [2.05, 4.69) is 30.8 Å². The zero-order chi connectivity index (χ0) is 20.4. The molecule has 148 valence electrons. The van der Waals surface area contributed by atoms with Crippen LogP contribution in [0.4, 0.5) is 15.9 Å². The fourth-order valence-electron chi connectivity index (χ4n) is 3.07. The Labute approximate surface area is 165 Å². The number of carbonyl (C=O) groups excluding carboxylic acids is 2. The number of fused-ring (bicyclic) bond motifs is 1. The van der Waals surface area contributed by atoms with Crippen molar-refractivity contribution >= 4 is 23.3 Å². The molecule has 1 aliphatic heterocycles. The van der Waals surface area contributed by atoms with E-state index in [1.807, 2.05) is 30.3 Å². The Balaban J connectivity index is 1.45. The zero-order valence-corrected chi connectivity index (χ0v) is 15.5. The predicted molar refractivity (Wildman–Crippen MR) is 103 cm³/mol. The summed E-state index contributed by atoms with van der Waals surface area (Å²) in [6.45, 7) is 0.103. The van der Waals surface area contributed by atoms with Gasteiger partial charge in [-0.15, -0.1) is 10.2 Å². The number of rotatable bonds is 4. The first-order chi connectivity index (χ1) is 14.0. The molecular formula is C19H18FN7O2. The maximum atomic E-state index is 13.5. The highest BCUT2D eigenvalue weighted by Crippen LogP contribution is 2.26. The number of nitrogens with zero attached hydrogens (tertiary/aromatic N) is 4. The van der Waals surface area contributed by atoms with E-state index in [0.717, 1.165) is 11.8 Å². The van der Waals surface area contributed by atoms with Gasteiger partial charge in [-0.05, 0) is 5.56 Å². The van der Waals surface area contributed by atoms with E-state index in [9.17, 15) is 14.0 Å². The summed E-state index contributed by atoms with van der Waals surface area (Å²) >= 11 is 0. The summed E-state index contributed by atoms with van der Waals surface area (Å²) in [6, 6.07) is 9.97. The van der Waals surface area contributed by atoms with Gasteiger partial charge in [0, 0.05) is 26.1 Å². The minimum absolute atomic E-state index is 0.0114. The van der Waals surface area contributed by atoms with Crippen LogP contribution >= 0.6 is 0 Å². The van der Waals surface area contributed by atoms with Gasteiger partial charge in [0.15, 0.2) is 0 Å². The van der Waals surface area contributed by atoms with Crippen molar-refractivity contribution in [1.29, 1.82) is 0 Å². The van der Waals surface area contributed by atoms with Gasteiger partial charge in [0.1, 0.15) is 23.5 Å². The molecule has 0 radical (unpaired) electrons. The van der Waals surface area contributed by atoms with Crippen LogP contribution in [0.2, 0.25) is 0 Å². The molecule has 10 heteroatoms. The number of amides is 2. The van der Waals surface area contributed by atoms with Crippen molar-refractivity contribution in [2.75, 3.05) is 23.8 Å². The number of anilines is 2. The second-order valence-electron chi connectivity index (χ2n) is 6.61. The molecule has 1 aliphatic rings. The normalized spacial score (nSPS) is 16.0. The lowest BCUT2D eigenvalue weighted by molar-refractivity contribution is -0.119. The summed E-state index contributed by atoms with van der Waals surface area (Å²) in [5.41, 5.74) is 1.33. The number of benzene rings is 1. The molecule has 0 aliphatic carbocycles. The van der Waals surface area contributed by atoms with Crippen LogP contribution in [0.15, 0.2) is 42.6 Å². The van der Waals surface area contributed by atoms with Crippen molar-refractivity contribution in [1.82, 2.24) is 25.5 Å². The van der Waals surface area contributed by atoms with Crippen molar-refractivity contribution in [2.45, 2.75) is 12.5 Å². The average Bonchev–Trinajstić information content (AvgIpc) is 3.16. The predicted octanol–water partition coefficient (Wildman–Crippen LogP) is 1.12. The van der Waals surface area contributed by atoms with E-state index in [0.29, 0.717) is 23.8 Å². The third-order valence-corrected chi connectivity index (χ3v) is 4.57. The Kier molecular flexibility index (Phi) is 4.90. The van der Waals surface area contributed by atoms with Crippen LogP contribution in [0.3, 0.4) is 0 Å².